The molecule has 30 heteroatoms. The Morgan fingerprint density at radius 1 is 0.373 bits per heavy atom. The van der Waals surface area contributed by atoms with E-state index in [4.69, 9.17) is 65.4 Å². The van der Waals surface area contributed by atoms with E-state index in [-0.39, 0.29) is 87.6 Å². The molecule has 6 heterocycles. The topological polar surface area (TPSA) is 234 Å². The average molecular weight is 1710 g/mol. The molecule has 0 bridgehead atoms. The summed E-state index contributed by atoms with van der Waals surface area (Å²) in [6.45, 7) is 14.3. The van der Waals surface area contributed by atoms with Gasteiger partial charge in [0, 0.05) is 151 Å². The molecule has 3 aliphatic rings. The van der Waals surface area contributed by atoms with Crippen LogP contribution in [-0.2, 0) is 33.8 Å². The Balaban J connectivity index is 0.000000241. The van der Waals surface area contributed by atoms with Crippen LogP contribution in [0.15, 0.2) is 142 Å². The van der Waals surface area contributed by atoms with Crippen LogP contribution < -0.4 is 36.1 Å². The number of carbonyl (C=O) groups excluding carboxylic acids is 6. The van der Waals surface area contributed by atoms with Crippen molar-refractivity contribution in [3.63, 3.8) is 0 Å². The zero-order chi connectivity index (χ0) is 82.9. The van der Waals surface area contributed by atoms with Gasteiger partial charge in [0.05, 0.1) is 60.5 Å². The van der Waals surface area contributed by atoms with Gasteiger partial charge in [-0.15, -0.1) is 0 Å². The van der Waals surface area contributed by atoms with Crippen molar-refractivity contribution in [1.29, 1.82) is 0 Å². The number of aryl methyl sites for hydroxylation is 3. The molecule has 3 aromatic heterocycles. The zero-order valence-electron chi connectivity index (χ0n) is 66.7. The summed E-state index contributed by atoms with van der Waals surface area (Å²) in [6, 6.07) is 35.4. The number of halogens is 5. The molecule has 12 rings (SSSR count). The van der Waals surface area contributed by atoms with Gasteiger partial charge < -0.3 is 76.7 Å². The first kappa shape index (κ1) is 95.1. The summed E-state index contributed by atoms with van der Waals surface area (Å²) in [4.78, 5) is 137. The second-order valence-electron chi connectivity index (χ2n) is 28.7. The van der Waals surface area contributed by atoms with E-state index in [1.54, 1.807) is 141 Å². The van der Waals surface area contributed by atoms with E-state index in [1.165, 1.54) is 24.3 Å². The molecule has 3 fully saturated rings. The van der Waals surface area contributed by atoms with Gasteiger partial charge in [0.2, 0.25) is 0 Å². The van der Waals surface area contributed by atoms with Gasteiger partial charge in [0.25, 0.3) is 34.4 Å². The molecule has 3 amide bonds. The maximum atomic E-state index is 13.8. The predicted octanol–water partition coefficient (Wildman–Crippen LogP) is 13.9. The lowest BCUT2D eigenvalue weighted by Crippen LogP contribution is -2.49. The highest BCUT2D eigenvalue weighted by atomic mass is 35.5. The summed E-state index contributed by atoms with van der Waals surface area (Å²) in [6.07, 6.45) is 2.19. The standard InChI is InChI=1S/C29H35ClN4O5.C28H32Cl2N4O4.C28H32ClFN4O4.3CH4/c1-5-39-29(37)25-26(23-19-21(30)9-12-24(23)34(28(25)36)14-6-13-31(2)3)32-15-17-33(18-16-32)27(35)20-7-10-22(38-4)11-8-20;1-4-38-28(37)24-25(32-14-16-33(17-15-32)26(35)19-6-8-20(29)9-7-19)22-18-21(30)10-11-23(22)34(27(24)36)13-5-12-31(2)3;1-4-38-28(37)24-25(32-14-16-33(17-15-32)26(35)19-6-9-21(30)10-7-19)22-18-20(29)8-11-23(22)34(27(24)36)13-5-12-31(2)3;;;/h7-12,19H,5-6,13-18H2,1-4H3;2*6-11,18H,4-5,12-17H2,1-3H3;3*1H4. The van der Waals surface area contributed by atoms with Crippen molar-refractivity contribution >= 4 is 132 Å². The fourth-order valence-electron chi connectivity index (χ4n) is 14.6. The third kappa shape index (κ3) is 22.9. The lowest BCUT2D eigenvalue weighted by molar-refractivity contribution is 0.0514. The van der Waals surface area contributed by atoms with Crippen molar-refractivity contribution in [2.45, 2.75) is 81.9 Å². The summed E-state index contributed by atoms with van der Waals surface area (Å²) in [5.41, 5.74) is 3.96. The quantitative estimate of drug-likeness (QED) is 0.0382. The Morgan fingerprint density at radius 2 is 0.627 bits per heavy atom. The highest BCUT2D eigenvalue weighted by molar-refractivity contribution is 6.33. The SMILES string of the molecule is C.C.C.CCOC(=O)c1c(N2CCN(C(=O)c3ccc(Cl)cc3)CC2)c2cc(Cl)ccc2n(CCCN(C)C)c1=O.CCOC(=O)c1c(N2CCN(C(=O)c3ccc(F)cc3)CC2)c2cc(Cl)ccc2n(CCCN(C)C)c1=O.CCOC(=O)c1c(N2CCN(C(=O)c3ccc(OC)cc3)CC2)c2cc(Cl)ccc2n(CCCN(C)C)c1=O. The van der Waals surface area contributed by atoms with E-state index in [2.05, 4.69) is 9.80 Å². The van der Waals surface area contributed by atoms with E-state index in [0.717, 1.165) is 38.9 Å². The molecule has 25 nitrogen and oxygen atoms in total. The molecule has 0 N–H and O–H groups in total. The average Bonchev–Trinajstić information content (AvgIpc) is 0.754. The first-order valence-electron chi connectivity index (χ1n) is 38.5. The minimum Gasteiger partial charge on any atom is -0.497 e. The Morgan fingerprint density at radius 3 is 0.881 bits per heavy atom. The molecule has 118 heavy (non-hydrogen) atoms. The summed E-state index contributed by atoms with van der Waals surface area (Å²) in [5, 5.41) is 4.17. The van der Waals surface area contributed by atoms with Gasteiger partial charge in [0.1, 0.15) is 28.3 Å². The predicted molar refractivity (Wildman–Crippen MR) is 472 cm³/mol. The molecular formula is C88H111Cl4FN12O13. The fourth-order valence-corrected chi connectivity index (χ4v) is 15.2. The third-order valence-corrected chi connectivity index (χ3v) is 21.1. The van der Waals surface area contributed by atoms with Crippen LogP contribution in [0.3, 0.4) is 0 Å². The van der Waals surface area contributed by atoms with Gasteiger partial charge in [-0.05, 0) is 229 Å². The number of hydrogen-bond donors (Lipinski definition) is 0. The summed E-state index contributed by atoms with van der Waals surface area (Å²) >= 11 is 25.2. The van der Waals surface area contributed by atoms with E-state index < -0.39 is 29.3 Å². The number of benzene rings is 6. The van der Waals surface area contributed by atoms with Crippen molar-refractivity contribution in [3.05, 3.63) is 218 Å². The lowest BCUT2D eigenvalue weighted by atomic mass is 10.1. The van der Waals surface area contributed by atoms with Crippen molar-refractivity contribution in [1.82, 2.24) is 43.1 Å². The number of hydrogen-bond acceptors (Lipinski definition) is 19. The van der Waals surface area contributed by atoms with Gasteiger partial charge >= 0.3 is 17.9 Å². The first-order valence-corrected chi connectivity index (χ1v) is 40.0. The maximum Gasteiger partial charge on any atom is 0.345 e. The van der Waals surface area contributed by atoms with Crippen LogP contribution in [0.5, 0.6) is 5.75 Å². The zero-order valence-corrected chi connectivity index (χ0v) is 69.7. The van der Waals surface area contributed by atoms with Gasteiger partial charge in [-0.25, -0.2) is 18.8 Å². The molecule has 3 aliphatic heterocycles. The molecule has 0 saturated carbocycles. The fraction of sp³-hybridized carbons (Fsp3) is 0.420. The number of methoxy groups -OCH3 is 1. The Hall–Kier alpha value is -10.1. The highest BCUT2D eigenvalue weighted by Gasteiger charge is 2.35. The molecule has 6 aromatic carbocycles. The van der Waals surface area contributed by atoms with Crippen LogP contribution in [0.1, 0.15) is 124 Å². The number of aromatic nitrogens is 3. The summed E-state index contributed by atoms with van der Waals surface area (Å²) in [5.74, 6) is -2.07. The van der Waals surface area contributed by atoms with Crippen molar-refractivity contribution in [2.75, 3.05) is 182 Å². The largest absolute Gasteiger partial charge is 0.497 e. The number of rotatable bonds is 25. The maximum absolute atomic E-state index is 13.8. The summed E-state index contributed by atoms with van der Waals surface area (Å²) < 4.78 is 39.4. The molecular weight excluding hydrogens is 1590 g/mol. The Bertz CT molecular complexity index is 4960. The number of anilines is 3. The minimum absolute atomic E-state index is 0. The first-order chi connectivity index (χ1) is 55.2. The molecule has 3 saturated heterocycles. The Kier molecular flexibility index (Phi) is 35.5. The highest BCUT2D eigenvalue weighted by Crippen LogP contribution is 2.37. The normalized spacial score (nSPS) is 13.4. The smallest absolute Gasteiger partial charge is 0.345 e. The molecule has 0 aliphatic carbocycles. The van der Waals surface area contributed by atoms with Gasteiger partial charge in [-0.2, -0.15) is 0 Å². The van der Waals surface area contributed by atoms with Crippen LogP contribution in [0, 0.1) is 5.82 Å². The monoisotopic (exact) mass is 1700 g/mol. The number of esters is 3. The third-order valence-electron chi connectivity index (χ3n) is 20.2. The van der Waals surface area contributed by atoms with E-state index in [9.17, 15) is 47.5 Å². The number of ether oxygens (including phenoxy) is 4. The number of fused-ring (bicyclic) bond motifs is 3. The van der Waals surface area contributed by atoms with Crippen LogP contribution in [0.4, 0.5) is 21.5 Å². The Labute approximate surface area is 710 Å². The van der Waals surface area contributed by atoms with Crippen molar-refractivity contribution in [2.24, 2.45) is 0 Å². The molecule has 9 aromatic rings. The molecule has 636 valence electrons. The van der Waals surface area contributed by atoms with Crippen molar-refractivity contribution in [3.8, 4) is 5.75 Å². The van der Waals surface area contributed by atoms with E-state index in [0.29, 0.717) is 190 Å². The van der Waals surface area contributed by atoms with Gasteiger partial charge in [-0.3, -0.25) is 28.8 Å². The molecule has 0 spiro atoms. The van der Waals surface area contributed by atoms with E-state index in [1.807, 2.05) is 80.1 Å². The number of pyridine rings is 3. The van der Waals surface area contributed by atoms with Crippen LogP contribution in [0.25, 0.3) is 32.7 Å². The van der Waals surface area contributed by atoms with Crippen LogP contribution >= 0.6 is 46.4 Å². The number of amides is 3. The lowest BCUT2D eigenvalue weighted by Gasteiger charge is -2.37. The van der Waals surface area contributed by atoms with Crippen LogP contribution in [0.2, 0.25) is 20.1 Å². The molecule has 0 unspecified atom stereocenters. The van der Waals surface area contributed by atoms with E-state index >= 15 is 0 Å². The number of nitrogens with zero attached hydrogens (tertiary/aromatic N) is 12. The van der Waals surface area contributed by atoms with Crippen LogP contribution in [-0.4, -0.2) is 246 Å². The molecule has 0 atom stereocenters. The number of carbonyl (C=O) groups is 6. The second-order valence-corrected chi connectivity index (χ2v) is 30.5. The van der Waals surface area contributed by atoms with Gasteiger partial charge in [-0.1, -0.05) is 68.7 Å². The number of piperazine rings is 3. The molecule has 0 radical (unpaired) electrons. The second kappa shape index (κ2) is 44.1. The van der Waals surface area contributed by atoms with Crippen molar-refractivity contribution < 1.29 is 52.1 Å². The van der Waals surface area contributed by atoms with Gasteiger partial charge in [0.15, 0.2) is 0 Å². The summed E-state index contributed by atoms with van der Waals surface area (Å²) in [7, 11) is 13.4. The minimum atomic E-state index is -0.680.